The zero-order valence-electron chi connectivity index (χ0n) is 10.1. The van der Waals surface area contributed by atoms with Crippen LogP contribution >= 0.6 is 11.6 Å². The van der Waals surface area contributed by atoms with E-state index in [1.54, 1.807) is 31.3 Å². The lowest BCUT2D eigenvalue weighted by atomic mass is 10.2. The number of methoxy groups -OCH3 is 2. The minimum Gasteiger partial charge on any atom is -0.354 e. The van der Waals surface area contributed by atoms with Crippen molar-refractivity contribution in [2.24, 2.45) is 0 Å². The third-order valence-corrected chi connectivity index (χ3v) is 2.60. The van der Waals surface area contributed by atoms with Gasteiger partial charge < -0.3 is 14.4 Å². The Morgan fingerprint density at radius 1 is 1.41 bits per heavy atom. The number of hydrogen-bond acceptors (Lipinski definition) is 3. The third kappa shape index (κ3) is 4.00. The summed E-state index contributed by atoms with van der Waals surface area (Å²) in [6, 6.07) is 6.83. The van der Waals surface area contributed by atoms with Crippen LogP contribution in [0.25, 0.3) is 0 Å². The van der Waals surface area contributed by atoms with Gasteiger partial charge in [-0.1, -0.05) is 17.7 Å². The number of amides is 1. The Morgan fingerprint density at radius 3 is 2.59 bits per heavy atom. The highest BCUT2D eigenvalue weighted by molar-refractivity contribution is 6.30. The molecule has 5 heteroatoms. The lowest BCUT2D eigenvalue weighted by Crippen LogP contribution is -2.36. The SMILES string of the molecule is COC(CN(C)C(=O)c1cccc(Cl)c1)OC. The maximum Gasteiger partial charge on any atom is 0.253 e. The molecule has 0 aromatic heterocycles. The summed E-state index contributed by atoms with van der Waals surface area (Å²) in [6.07, 6.45) is -0.428. The molecule has 0 saturated heterocycles. The molecule has 0 heterocycles. The van der Waals surface area contributed by atoms with Crippen LogP contribution in [-0.4, -0.2) is 44.9 Å². The summed E-state index contributed by atoms with van der Waals surface area (Å²) in [6.45, 7) is 0.359. The largest absolute Gasteiger partial charge is 0.354 e. The average Bonchev–Trinajstić information content (AvgIpc) is 2.34. The van der Waals surface area contributed by atoms with E-state index in [-0.39, 0.29) is 5.91 Å². The normalized spacial score (nSPS) is 10.6. The van der Waals surface area contributed by atoms with Crippen LogP contribution in [0.15, 0.2) is 24.3 Å². The molecule has 0 fully saturated rings. The highest BCUT2D eigenvalue weighted by atomic mass is 35.5. The molecular formula is C12H16ClNO3. The van der Waals surface area contributed by atoms with E-state index >= 15 is 0 Å². The Bertz CT molecular complexity index is 380. The second kappa shape index (κ2) is 6.59. The zero-order chi connectivity index (χ0) is 12.8. The van der Waals surface area contributed by atoms with Gasteiger partial charge in [-0.3, -0.25) is 4.79 Å². The number of benzene rings is 1. The van der Waals surface area contributed by atoms with Gasteiger partial charge in [0.1, 0.15) is 0 Å². The smallest absolute Gasteiger partial charge is 0.253 e. The molecule has 0 N–H and O–H groups in total. The van der Waals surface area contributed by atoms with Crippen molar-refractivity contribution >= 4 is 17.5 Å². The summed E-state index contributed by atoms with van der Waals surface area (Å²) in [4.78, 5) is 13.6. The van der Waals surface area contributed by atoms with Crippen molar-refractivity contribution < 1.29 is 14.3 Å². The van der Waals surface area contributed by atoms with Gasteiger partial charge in [0.15, 0.2) is 6.29 Å². The van der Waals surface area contributed by atoms with Crippen LogP contribution in [0.3, 0.4) is 0 Å². The predicted molar refractivity (Wildman–Crippen MR) is 66.2 cm³/mol. The number of likely N-dealkylation sites (N-methyl/N-ethyl adjacent to an activating group) is 1. The molecule has 0 saturated carbocycles. The standard InChI is InChI=1S/C12H16ClNO3/c1-14(8-11(16-2)17-3)12(15)9-5-4-6-10(13)7-9/h4-7,11H,8H2,1-3H3. The molecule has 0 bridgehead atoms. The first kappa shape index (κ1) is 14.0. The first-order valence-electron chi connectivity index (χ1n) is 5.15. The van der Waals surface area contributed by atoms with Crippen molar-refractivity contribution in [3.05, 3.63) is 34.9 Å². The summed E-state index contributed by atoms with van der Waals surface area (Å²) in [5.74, 6) is -0.119. The third-order valence-electron chi connectivity index (χ3n) is 2.37. The summed E-state index contributed by atoms with van der Waals surface area (Å²) in [5.41, 5.74) is 0.547. The molecule has 0 radical (unpaired) electrons. The van der Waals surface area contributed by atoms with Crippen LogP contribution in [0.1, 0.15) is 10.4 Å². The van der Waals surface area contributed by atoms with Gasteiger partial charge in [0, 0.05) is 31.9 Å². The predicted octanol–water partition coefficient (Wildman–Crippen LogP) is 2.03. The van der Waals surface area contributed by atoms with E-state index in [1.165, 1.54) is 19.1 Å². The molecule has 0 atom stereocenters. The molecule has 94 valence electrons. The van der Waals surface area contributed by atoms with Crippen molar-refractivity contribution in [3.8, 4) is 0 Å². The van der Waals surface area contributed by atoms with Gasteiger partial charge in [-0.05, 0) is 18.2 Å². The average molecular weight is 258 g/mol. The van der Waals surface area contributed by atoms with Crippen LogP contribution in [0.5, 0.6) is 0 Å². The van der Waals surface area contributed by atoms with Gasteiger partial charge in [-0.15, -0.1) is 0 Å². The van der Waals surface area contributed by atoms with Crippen molar-refractivity contribution in [2.45, 2.75) is 6.29 Å². The number of nitrogens with zero attached hydrogens (tertiary/aromatic N) is 1. The number of halogens is 1. The van der Waals surface area contributed by atoms with Crippen LogP contribution < -0.4 is 0 Å². The number of rotatable bonds is 5. The fraction of sp³-hybridized carbons (Fsp3) is 0.417. The lowest BCUT2D eigenvalue weighted by molar-refractivity contribution is -0.110. The molecule has 1 rings (SSSR count). The van der Waals surface area contributed by atoms with Crippen LogP contribution in [-0.2, 0) is 9.47 Å². The van der Waals surface area contributed by atoms with Gasteiger partial charge in [-0.25, -0.2) is 0 Å². The Labute approximate surface area is 106 Å². The van der Waals surface area contributed by atoms with Gasteiger partial charge in [0.05, 0.1) is 6.54 Å². The molecule has 4 nitrogen and oxygen atoms in total. The Kier molecular flexibility index (Phi) is 5.41. The molecule has 0 spiro atoms. The van der Waals surface area contributed by atoms with Gasteiger partial charge >= 0.3 is 0 Å². The molecule has 0 unspecified atom stereocenters. The first-order chi connectivity index (χ1) is 8.08. The zero-order valence-corrected chi connectivity index (χ0v) is 10.9. The number of carbonyl (C=O) groups is 1. The number of carbonyl (C=O) groups excluding carboxylic acids is 1. The van der Waals surface area contributed by atoms with Crippen molar-refractivity contribution in [1.29, 1.82) is 0 Å². The number of hydrogen-bond donors (Lipinski definition) is 0. The van der Waals surface area contributed by atoms with Gasteiger partial charge in [0.2, 0.25) is 0 Å². The molecule has 1 aromatic carbocycles. The van der Waals surface area contributed by atoms with E-state index in [0.29, 0.717) is 17.1 Å². The summed E-state index contributed by atoms with van der Waals surface area (Å²) in [7, 11) is 4.76. The summed E-state index contributed by atoms with van der Waals surface area (Å²) >= 11 is 5.83. The second-order valence-corrected chi connectivity index (χ2v) is 4.03. The molecule has 0 aliphatic heterocycles. The maximum atomic E-state index is 12.0. The highest BCUT2D eigenvalue weighted by Gasteiger charge is 2.16. The van der Waals surface area contributed by atoms with Crippen LogP contribution in [0, 0.1) is 0 Å². The summed E-state index contributed by atoms with van der Waals surface area (Å²) < 4.78 is 10.1. The van der Waals surface area contributed by atoms with E-state index in [0.717, 1.165) is 0 Å². The van der Waals surface area contributed by atoms with E-state index < -0.39 is 6.29 Å². The molecule has 1 amide bonds. The minimum absolute atomic E-state index is 0.119. The van der Waals surface area contributed by atoms with Crippen molar-refractivity contribution in [1.82, 2.24) is 4.90 Å². The molecule has 17 heavy (non-hydrogen) atoms. The number of ether oxygens (including phenoxy) is 2. The highest BCUT2D eigenvalue weighted by Crippen LogP contribution is 2.12. The Morgan fingerprint density at radius 2 is 2.06 bits per heavy atom. The van der Waals surface area contributed by atoms with E-state index in [4.69, 9.17) is 21.1 Å². The Balaban J connectivity index is 2.69. The maximum absolute atomic E-state index is 12.0. The topological polar surface area (TPSA) is 38.8 Å². The van der Waals surface area contributed by atoms with E-state index in [9.17, 15) is 4.79 Å². The second-order valence-electron chi connectivity index (χ2n) is 3.60. The van der Waals surface area contributed by atoms with Crippen molar-refractivity contribution in [2.75, 3.05) is 27.8 Å². The first-order valence-corrected chi connectivity index (χ1v) is 5.53. The molecule has 0 aliphatic carbocycles. The van der Waals surface area contributed by atoms with Crippen LogP contribution in [0.2, 0.25) is 5.02 Å². The lowest BCUT2D eigenvalue weighted by Gasteiger charge is -2.22. The molecule has 0 aliphatic rings. The Hall–Kier alpha value is -1.10. The van der Waals surface area contributed by atoms with E-state index in [1.807, 2.05) is 0 Å². The fourth-order valence-electron chi connectivity index (χ4n) is 1.39. The molecule has 1 aromatic rings. The summed E-state index contributed by atoms with van der Waals surface area (Å²) in [5, 5.41) is 0.541. The minimum atomic E-state index is -0.428. The fourth-order valence-corrected chi connectivity index (χ4v) is 1.58. The monoisotopic (exact) mass is 257 g/mol. The van der Waals surface area contributed by atoms with Crippen molar-refractivity contribution in [3.63, 3.8) is 0 Å². The van der Waals surface area contributed by atoms with Gasteiger partial charge in [0.25, 0.3) is 5.91 Å². The van der Waals surface area contributed by atoms with Crippen LogP contribution in [0.4, 0.5) is 0 Å². The quantitative estimate of drug-likeness (QED) is 0.758. The van der Waals surface area contributed by atoms with E-state index in [2.05, 4.69) is 0 Å². The van der Waals surface area contributed by atoms with Gasteiger partial charge in [-0.2, -0.15) is 0 Å². The molecular weight excluding hydrogens is 242 g/mol.